The summed E-state index contributed by atoms with van der Waals surface area (Å²) in [6.45, 7) is 8.17. The normalized spacial score (nSPS) is 17.1. The van der Waals surface area contributed by atoms with E-state index in [1.807, 2.05) is 23.1 Å². The molecule has 1 aromatic rings. The van der Waals surface area contributed by atoms with Crippen molar-refractivity contribution < 1.29 is 9.53 Å². The van der Waals surface area contributed by atoms with Crippen molar-refractivity contribution >= 4 is 5.91 Å². The molecule has 1 aliphatic rings. The number of ether oxygens (including phenoxy) is 1. The topological polar surface area (TPSA) is 41.6 Å². The van der Waals surface area contributed by atoms with Gasteiger partial charge in [-0.05, 0) is 55.5 Å². The highest BCUT2D eigenvalue weighted by molar-refractivity contribution is 5.77. The lowest BCUT2D eigenvalue weighted by Crippen LogP contribution is -2.41. The number of piperidine rings is 1. The second-order valence-corrected chi connectivity index (χ2v) is 6.51. The second-order valence-electron chi connectivity index (χ2n) is 6.51. The van der Waals surface area contributed by atoms with Gasteiger partial charge in [-0.3, -0.25) is 4.79 Å². The maximum atomic E-state index is 12.5. The summed E-state index contributed by atoms with van der Waals surface area (Å²) in [5, 5.41) is 3.41. The van der Waals surface area contributed by atoms with Crippen LogP contribution >= 0.6 is 0 Å². The number of hydrogen-bond acceptors (Lipinski definition) is 3. The predicted octanol–water partition coefficient (Wildman–Crippen LogP) is 3.04. The zero-order valence-corrected chi connectivity index (χ0v) is 14.7. The van der Waals surface area contributed by atoms with E-state index in [-0.39, 0.29) is 11.8 Å². The highest BCUT2D eigenvalue weighted by atomic mass is 16.5. The molecular formula is C19H30N2O2. The molecule has 1 amide bonds. The van der Waals surface area contributed by atoms with Crippen molar-refractivity contribution in [1.82, 2.24) is 10.2 Å². The first-order chi connectivity index (χ1) is 11.1. The summed E-state index contributed by atoms with van der Waals surface area (Å²) in [4.78, 5) is 14.6. The van der Waals surface area contributed by atoms with E-state index in [2.05, 4.69) is 25.2 Å². The van der Waals surface area contributed by atoms with Crippen molar-refractivity contribution in [3.05, 3.63) is 29.8 Å². The molecule has 1 aliphatic heterocycles. The van der Waals surface area contributed by atoms with Gasteiger partial charge in [0, 0.05) is 19.5 Å². The van der Waals surface area contributed by atoms with Crippen LogP contribution in [0.3, 0.4) is 0 Å². The number of rotatable bonds is 7. The molecule has 1 aromatic carbocycles. The number of carbonyl (C=O) groups excluding carboxylic acids is 1. The van der Waals surface area contributed by atoms with E-state index in [9.17, 15) is 4.79 Å². The van der Waals surface area contributed by atoms with Gasteiger partial charge < -0.3 is 15.0 Å². The van der Waals surface area contributed by atoms with Crippen molar-refractivity contribution in [2.45, 2.75) is 39.0 Å². The van der Waals surface area contributed by atoms with Gasteiger partial charge in [-0.15, -0.1) is 0 Å². The number of methoxy groups -OCH3 is 1. The number of nitrogens with one attached hydrogen (secondary N) is 1. The van der Waals surface area contributed by atoms with Gasteiger partial charge in [0.1, 0.15) is 5.75 Å². The van der Waals surface area contributed by atoms with Crippen LogP contribution in [-0.4, -0.2) is 44.1 Å². The summed E-state index contributed by atoms with van der Waals surface area (Å²) in [5.41, 5.74) is 1.17. The third kappa shape index (κ3) is 5.24. The summed E-state index contributed by atoms with van der Waals surface area (Å²) in [7, 11) is 1.67. The van der Waals surface area contributed by atoms with E-state index in [4.69, 9.17) is 4.74 Å². The molecule has 0 aliphatic carbocycles. The molecular weight excluding hydrogens is 288 g/mol. The molecule has 1 atom stereocenters. The molecule has 0 bridgehead atoms. The van der Waals surface area contributed by atoms with E-state index in [0.29, 0.717) is 6.42 Å². The second kappa shape index (κ2) is 8.92. The Morgan fingerprint density at radius 3 is 2.78 bits per heavy atom. The fourth-order valence-electron chi connectivity index (χ4n) is 3.19. The highest BCUT2D eigenvalue weighted by Crippen LogP contribution is 2.25. The summed E-state index contributed by atoms with van der Waals surface area (Å²) < 4.78 is 5.27. The fourth-order valence-corrected chi connectivity index (χ4v) is 3.19. The molecule has 1 saturated heterocycles. The molecule has 4 heteroatoms. The van der Waals surface area contributed by atoms with Crippen LogP contribution in [0, 0.1) is 5.92 Å². The minimum Gasteiger partial charge on any atom is -0.497 e. The number of carbonyl (C=O) groups is 1. The van der Waals surface area contributed by atoms with Crippen LogP contribution < -0.4 is 10.1 Å². The number of nitrogens with zero attached hydrogens (tertiary/aromatic N) is 1. The van der Waals surface area contributed by atoms with Crippen molar-refractivity contribution in [3.63, 3.8) is 0 Å². The molecule has 2 rings (SSSR count). The minimum atomic E-state index is 0.220. The minimum absolute atomic E-state index is 0.220. The van der Waals surface area contributed by atoms with Crippen LogP contribution in [0.25, 0.3) is 0 Å². The van der Waals surface area contributed by atoms with E-state index in [1.54, 1.807) is 7.11 Å². The van der Waals surface area contributed by atoms with Gasteiger partial charge in [0.25, 0.3) is 0 Å². The van der Waals surface area contributed by atoms with E-state index < -0.39 is 0 Å². The summed E-state index contributed by atoms with van der Waals surface area (Å²) in [6, 6.07) is 8.03. The Labute approximate surface area is 140 Å². The van der Waals surface area contributed by atoms with Crippen molar-refractivity contribution in [1.29, 1.82) is 0 Å². The van der Waals surface area contributed by atoms with Crippen molar-refractivity contribution in [2.75, 3.05) is 33.3 Å². The lowest BCUT2D eigenvalue weighted by Gasteiger charge is -2.32. The number of likely N-dealkylation sites (tertiary alicyclic amines) is 1. The van der Waals surface area contributed by atoms with E-state index in [0.717, 1.165) is 50.7 Å². The van der Waals surface area contributed by atoms with Crippen molar-refractivity contribution in [2.24, 2.45) is 5.92 Å². The molecule has 0 saturated carbocycles. The predicted molar refractivity (Wildman–Crippen MR) is 93.9 cm³/mol. The quantitative estimate of drug-likeness (QED) is 0.840. The largest absolute Gasteiger partial charge is 0.497 e. The third-order valence-corrected chi connectivity index (χ3v) is 4.79. The lowest BCUT2D eigenvalue weighted by molar-refractivity contribution is -0.132. The van der Waals surface area contributed by atoms with Crippen LogP contribution in [0.5, 0.6) is 5.75 Å². The Hall–Kier alpha value is -1.55. The number of amides is 1. The Balaban J connectivity index is 1.82. The number of benzene rings is 1. The average Bonchev–Trinajstić information content (AvgIpc) is 2.60. The SMILES string of the molecule is CCNCC1CCN(C(=O)CC(C)c2cccc(OC)c2)CC1. The van der Waals surface area contributed by atoms with E-state index in [1.165, 1.54) is 5.56 Å². The molecule has 1 heterocycles. The first-order valence-electron chi connectivity index (χ1n) is 8.76. The van der Waals surface area contributed by atoms with Gasteiger partial charge in [0.15, 0.2) is 0 Å². The molecule has 4 nitrogen and oxygen atoms in total. The molecule has 1 N–H and O–H groups in total. The first-order valence-corrected chi connectivity index (χ1v) is 8.76. The smallest absolute Gasteiger partial charge is 0.223 e. The first kappa shape index (κ1) is 17.8. The molecule has 1 fully saturated rings. The van der Waals surface area contributed by atoms with Gasteiger partial charge in [-0.25, -0.2) is 0 Å². The van der Waals surface area contributed by atoms with Crippen LogP contribution in [-0.2, 0) is 4.79 Å². The van der Waals surface area contributed by atoms with Gasteiger partial charge in [0.2, 0.25) is 5.91 Å². The van der Waals surface area contributed by atoms with Gasteiger partial charge in [-0.2, -0.15) is 0 Å². The molecule has 23 heavy (non-hydrogen) atoms. The maximum Gasteiger partial charge on any atom is 0.223 e. The zero-order chi connectivity index (χ0) is 16.7. The Morgan fingerprint density at radius 1 is 1.39 bits per heavy atom. The van der Waals surface area contributed by atoms with Gasteiger partial charge in [0.05, 0.1) is 7.11 Å². The molecule has 128 valence electrons. The standard InChI is InChI=1S/C19H30N2O2/c1-4-20-14-16-8-10-21(11-9-16)19(22)12-15(2)17-6-5-7-18(13-17)23-3/h5-7,13,15-16,20H,4,8-12,14H2,1-3H3. The van der Waals surface area contributed by atoms with Crippen molar-refractivity contribution in [3.8, 4) is 5.75 Å². The monoisotopic (exact) mass is 318 g/mol. The fraction of sp³-hybridized carbons (Fsp3) is 0.632. The summed E-state index contributed by atoms with van der Waals surface area (Å²) in [6.07, 6.45) is 2.81. The average molecular weight is 318 g/mol. The van der Waals surface area contributed by atoms with E-state index >= 15 is 0 Å². The molecule has 0 spiro atoms. The maximum absolute atomic E-state index is 12.5. The lowest BCUT2D eigenvalue weighted by atomic mass is 9.94. The molecule has 0 radical (unpaired) electrons. The van der Waals surface area contributed by atoms with Crippen LogP contribution in [0.15, 0.2) is 24.3 Å². The Bertz CT molecular complexity index is 496. The van der Waals surface area contributed by atoms with Crippen LogP contribution in [0.1, 0.15) is 44.6 Å². The van der Waals surface area contributed by atoms with Gasteiger partial charge >= 0.3 is 0 Å². The van der Waals surface area contributed by atoms with Gasteiger partial charge in [-0.1, -0.05) is 26.0 Å². The summed E-state index contributed by atoms with van der Waals surface area (Å²) in [5.74, 6) is 2.07. The van der Waals surface area contributed by atoms with Crippen LogP contribution in [0.4, 0.5) is 0 Å². The Morgan fingerprint density at radius 2 is 2.13 bits per heavy atom. The summed E-state index contributed by atoms with van der Waals surface area (Å²) >= 11 is 0. The highest BCUT2D eigenvalue weighted by Gasteiger charge is 2.23. The molecule has 0 aromatic heterocycles. The van der Waals surface area contributed by atoms with Crippen LogP contribution in [0.2, 0.25) is 0 Å². The zero-order valence-electron chi connectivity index (χ0n) is 14.7. The third-order valence-electron chi connectivity index (χ3n) is 4.79. The molecule has 1 unspecified atom stereocenters. The Kier molecular flexibility index (Phi) is 6.90. The number of hydrogen-bond donors (Lipinski definition) is 1.